The maximum atomic E-state index is 12.1. The van der Waals surface area contributed by atoms with Crippen LogP contribution in [0.1, 0.15) is 65.3 Å². The molecule has 22 heavy (non-hydrogen) atoms. The zero-order valence-corrected chi connectivity index (χ0v) is 15.5. The fourth-order valence-electron chi connectivity index (χ4n) is 2.23. The highest BCUT2D eigenvalue weighted by molar-refractivity contribution is 7.10. The smallest absolute Gasteiger partial charge is 0.408 e. The Balaban J connectivity index is 2.64. The number of carbonyl (C=O) groups excluding carboxylic acids is 1. The van der Waals surface area contributed by atoms with Gasteiger partial charge in [0.15, 0.2) is 0 Å². The van der Waals surface area contributed by atoms with Crippen LogP contribution < -0.4 is 10.6 Å². The monoisotopic (exact) mass is 326 g/mol. The van der Waals surface area contributed by atoms with Crippen LogP contribution in [0.2, 0.25) is 0 Å². The number of nitrogens with one attached hydrogen (secondary N) is 2. The van der Waals surface area contributed by atoms with Crippen molar-refractivity contribution < 1.29 is 9.53 Å². The summed E-state index contributed by atoms with van der Waals surface area (Å²) in [6.07, 6.45) is 1.36. The lowest BCUT2D eigenvalue weighted by atomic mass is 9.92. The predicted octanol–water partition coefficient (Wildman–Crippen LogP) is 4.48. The third-order valence-electron chi connectivity index (χ3n) is 3.84. The Bertz CT molecular complexity index is 448. The van der Waals surface area contributed by atoms with Gasteiger partial charge in [0.05, 0.1) is 5.54 Å². The molecule has 5 heteroatoms. The average Bonchev–Trinajstić information content (AvgIpc) is 2.95. The van der Waals surface area contributed by atoms with Gasteiger partial charge in [0.25, 0.3) is 0 Å². The molecule has 126 valence electrons. The molecule has 0 spiro atoms. The van der Waals surface area contributed by atoms with Crippen molar-refractivity contribution in [2.24, 2.45) is 0 Å². The molecule has 0 aliphatic heterocycles. The third-order valence-corrected chi connectivity index (χ3v) is 4.89. The van der Waals surface area contributed by atoms with E-state index in [1.54, 1.807) is 11.3 Å². The van der Waals surface area contributed by atoms with Crippen LogP contribution in [0.25, 0.3) is 0 Å². The minimum Gasteiger partial charge on any atom is -0.444 e. The first-order valence-corrected chi connectivity index (χ1v) is 8.87. The summed E-state index contributed by atoms with van der Waals surface area (Å²) < 4.78 is 5.40. The van der Waals surface area contributed by atoms with E-state index in [0.717, 1.165) is 19.4 Å². The molecule has 1 rings (SSSR count). The molecule has 0 saturated carbocycles. The van der Waals surface area contributed by atoms with Gasteiger partial charge in [0, 0.05) is 17.5 Å². The maximum Gasteiger partial charge on any atom is 0.408 e. The lowest BCUT2D eigenvalue weighted by Crippen LogP contribution is -2.55. The van der Waals surface area contributed by atoms with Gasteiger partial charge >= 0.3 is 6.09 Å². The number of thiophene rings is 1. The second kappa shape index (κ2) is 7.97. The molecule has 2 N–H and O–H groups in total. The summed E-state index contributed by atoms with van der Waals surface area (Å²) in [5.74, 6) is 0. The summed E-state index contributed by atoms with van der Waals surface area (Å²) in [6, 6.07) is 4.46. The molecule has 0 aliphatic rings. The minimum absolute atomic E-state index is 0.276. The van der Waals surface area contributed by atoms with Gasteiger partial charge in [-0.1, -0.05) is 19.9 Å². The van der Waals surface area contributed by atoms with Crippen molar-refractivity contribution in [2.75, 3.05) is 6.54 Å². The maximum absolute atomic E-state index is 12.1. The molecular weight excluding hydrogens is 296 g/mol. The van der Waals surface area contributed by atoms with Crippen molar-refractivity contribution in [3.8, 4) is 0 Å². The van der Waals surface area contributed by atoms with Crippen molar-refractivity contribution in [1.82, 2.24) is 10.6 Å². The largest absolute Gasteiger partial charge is 0.444 e. The van der Waals surface area contributed by atoms with E-state index < -0.39 is 5.60 Å². The molecule has 1 aromatic heterocycles. The molecular formula is C17H30N2O2S. The highest BCUT2D eigenvalue weighted by atomic mass is 32.1. The molecule has 0 aliphatic carbocycles. The normalized spacial score (nSPS) is 13.7. The Hall–Kier alpha value is -1.07. The standard InChI is InChI=1S/C17H30N2O2S/c1-7-17(8-2,19-15(20)21-16(4,5)6)12-18-13(3)14-10-9-11-22-14/h9-11,13,18H,7-8,12H2,1-6H3,(H,19,20). The third kappa shape index (κ3) is 5.97. The predicted molar refractivity (Wildman–Crippen MR) is 93.4 cm³/mol. The zero-order valence-electron chi connectivity index (χ0n) is 14.7. The highest BCUT2D eigenvalue weighted by Crippen LogP contribution is 2.21. The molecule has 0 radical (unpaired) electrons. The molecule has 1 atom stereocenters. The Kier molecular flexibility index (Phi) is 6.88. The summed E-state index contributed by atoms with van der Waals surface area (Å²) in [4.78, 5) is 13.4. The quantitative estimate of drug-likeness (QED) is 0.776. The van der Waals surface area contributed by atoms with E-state index in [-0.39, 0.29) is 17.7 Å². The molecule has 0 aromatic carbocycles. The Morgan fingerprint density at radius 1 is 1.32 bits per heavy atom. The van der Waals surface area contributed by atoms with Gasteiger partial charge in [-0.15, -0.1) is 11.3 Å². The van der Waals surface area contributed by atoms with Crippen LogP contribution in [-0.4, -0.2) is 23.8 Å². The minimum atomic E-state index is -0.477. The number of hydrogen-bond acceptors (Lipinski definition) is 4. The van der Waals surface area contributed by atoms with E-state index in [0.29, 0.717) is 0 Å². The number of ether oxygens (including phenoxy) is 1. The zero-order chi connectivity index (χ0) is 16.8. The van der Waals surface area contributed by atoms with Gasteiger partial charge in [-0.3, -0.25) is 0 Å². The fourth-order valence-corrected chi connectivity index (χ4v) is 2.99. The Morgan fingerprint density at radius 2 is 1.95 bits per heavy atom. The fraction of sp³-hybridized carbons (Fsp3) is 0.706. The molecule has 0 saturated heterocycles. The lowest BCUT2D eigenvalue weighted by molar-refractivity contribution is 0.0444. The van der Waals surface area contributed by atoms with E-state index in [1.807, 2.05) is 20.8 Å². The summed E-state index contributed by atoms with van der Waals surface area (Å²) >= 11 is 1.74. The molecule has 4 nitrogen and oxygen atoms in total. The van der Waals surface area contributed by atoms with Crippen molar-refractivity contribution in [2.45, 2.75) is 71.6 Å². The molecule has 1 aromatic rings. The van der Waals surface area contributed by atoms with Gasteiger partial charge in [0.1, 0.15) is 5.60 Å². The van der Waals surface area contributed by atoms with E-state index in [9.17, 15) is 4.79 Å². The van der Waals surface area contributed by atoms with Crippen LogP contribution in [0.3, 0.4) is 0 Å². The Morgan fingerprint density at radius 3 is 2.41 bits per heavy atom. The highest BCUT2D eigenvalue weighted by Gasteiger charge is 2.30. The molecule has 0 fully saturated rings. The van der Waals surface area contributed by atoms with Gasteiger partial charge in [-0.25, -0.2) is 4.79 Å². The number of amides is 1. The van der Waals surface area contributed by atoms with Crippen LogP contribution >= 0.6 is 11.3 Å². The lowest BCUT2D eigenvalue weighted by Gasteiger charge is -2.35. The number of carbonyl (C=O) groups is 1. The van der Waals surface area contributed by atoms with Crippen LogP contribution in [0.4, 0.5) is 4.79 Å². The number of rotatable bonds is 7. The molecule has 1 heterocycles. The Labute approximate surface area is 138 Å². The molecule has 1 amide bonds. The van der Waals surface area contributed by atoms with Crippen LogP contribution in [-0.2, 0) is 4.74 Å². The first-order chi connectivity index (χ1) is 10.2. The van der Waals surface area contributed by atoms with Gasteiger partial charge < -0.3 is 15.4 Å². The van der Waals surface area contributed by atoms with Gasteiger partial charge in [-0.2, -0.15) is 0 Å². The average molecular weight is 327 g/mol. The number of alkyl carbamates (subject to hydrolysis) is 1. The summed E-state index contributed by atoms with van der Waals surface area (Å²) in [6.45, 7) is 12.7. The van der Waals surface area contributed by atoms with Gasteiger partial charge in [-0.05, 0) is 52.0 Å². The van der Waals surface area contributed by atoms with Crippen molar-refractivity contribution in [3.63, 3.8) is 0 Å². The summed E-state index contributed by atoms with van der Waals surface area (Å²) in [5, 5.41) is 8.69. The van der Waals surface area contributed by atoms with Crippen molar-refractivity contribution in [3.05, 3.63) is 22.4 Å². The van der Waals surface area contributed by atoms with Crippen LogP contribution in [0.15, 0.2) is 17.5 Å². The SMILES string of the molecule is CCC(CC)(CNC(C)c1cccs1)NC(=O)OC(C)(C)C. The topological polar surface area (TPSA) is 50.4 Å². The number of hydrogen-bond donors (Lipinski definition) is 2. The van der Waals surface area contributed by atoms with Crippen LogP contribution in [0, 0.1) is 0 Å². The van der Waals surface area contributed by atoms with E-state index in [2.05, 4.69) is 48.9 Å². The van der Waals surface area contributed by atoms with E-state index in [1.165, 1.54) is 4.88 Å². The molecule has 1 unspecified atom stereocenters. The second-order valence-corrected chi connectivity index (χ2v) is 7.71. The molecule has 0 bridgehead atoms. The van der Waals surface area contributed by atoms with Crippen molar-refractivity contribution >= 4 is 17.4 Å². The van der Waals surface area contributed by atoms with Gasteiger partial charge in [0.2, 0.25) is 0 Å². The first kappa shape index (κ1) is 19.0. The first-order valence-electron chi connectivity index (χ1n) is 7.99. The summed E-state index contributed by atoms with van der Waals surface area (Å²) in [7, 11) is 0. The van der Waals surface area contributed by atoms with Crippen molar-refractivity contribution in [1.29, 1.82) is 0 Å². The van der Waals surface area contributed by atoms with E-state index >= 15 is 0 Å². The second-order valence-electron chi connectivity index (χ2n) is 6.73. The summed E-state index contributed by atoms with van der Waals surface area (Å²) in [5.41, 5.74) is -0.761. The van der Waals surface area contributed by atoms with E-state index in [4.69, 9.17) is 4.74 Å². The van der Waals surface area contributed by atoms with Crippen LogP contribution in [0.5, 0.6) is 0 Å².